The first kappa shape index (κ1) is 15.2. The van der Waals surface area contributed by atoms with Crippen molar-refractivity contribution in [1.82, 2.24) is 0 Å². The lowest BCUT2D eigenvalue weighted by Crippen LogP contribution is -2.19. The molecule has 0 aromatic heterocycles. The molecule has 0 aliphatic rings. The second kappa shape index (κ2) is 10.7. The van der Waals surface area contributed by atoms with Crippen LogP contribution >= 0.6 is 23.5 Å². The fourth-order valence-corrected chi connectivity index (χ4v) is 3.57. The fourth-order valence-electron chi connectivity index (χ4n) is 0.997. The Kier molecular flexibility index (Phi) is 10.8. The first-order chi connectivity index (χ1) is 7.22. The third-order valence-corrected chi connectivity index (χ3v) is 4.66. The zero-order valence-electron chi connectivity index (χ0n) is 9.70. The highest BCUT2D eigenvalue weighted by atomic mass is 32.2. The topological polar surface area (TPSA) is 37.3 Å². The normalized spacial score (nSPS) is 12.7. The number of carbonyl (C=O) groups is 1. The minimum absolute atomic E-state index is 0.210. The third kappa shape index (κ3) is 9.12. The molecule has 0 aliphatic heterocycles. The number of aliphatic carboxylic acids is 1. The number of carboxylic acid groups (broad SMARTS) is 1. The molecule has 0 spiro atoms. The summed E-state index contributed by atoms with van der Waals surface area (Å²) < 4.78 is 0. The third-order valence-electron chi connectivity index (χ3n) is 2.00. The van der Waals surface area contributed by atoms with Crippen LogP contribution in [0.1, 0.15) is 39.5 Å². The molecule has 0 amide bonds. The van der Waals surface area contributed by atoms with Gasteiger partial charge in [0.1, 0.15) is 5.25 Å². The van der Waals surface area contributed by atoms with Gasteiger partial charge < -0.3 is 5.11 Å². The predicted molar refractivity (Wildman–Crippen MR) is 71.0 cm³/mol. The Morgan fingerprint density at radius 3 is 2.33 bits per heavy atom. The van der Waals surface area contributed by atoms with Crippen LogP contribution in [-0.4, -0.2) is 33.6 Å². The SMILES string of the molecule is CCCCSCC(SCCCC)C(=O)O. The zero-order valence-corrected chi connectivity index (χ0v) is 11.3. The number of unbranched alkanes of at least 4 members (excludes halogenated alkanes) is 2. The van der Waals surface area contributed by atoms with Crippen molar-refractivity contribution >= 4 is 29.5 Å². The minimum Gasteiger partial charge on any atom is -0.480 e. The molecule has 90 valence electrons. The summed E-state index contributed by atoms with van der Waals surface area (Å²) in [6.45, 7) is 4.29. The van der Waals surface area contributed by atoms with E-state index >= 15 is 0 Å². The van der Waals surface area contributed by atoms with Gasteiger partial charge in [-0.3, -0.25) is 4.79 Å². The van der Waals surface area contributed by atoms with Crippen LogP contribution in [-0.2, 0) is 4.79 Å². The molecule has 0 radical (unpaired) electrons. The Hall–Kier alpha value is 0.170. The average molecular weight is 250 g/mol. The van der Waals surface area contributed by atoms with Crippen molar-refractivity contribution in [3.05, 3.63) is 0 Å². The van der Waals surface area contributed by atoms with E-state index in [-0.39, 0.29) is 5.25 Å². The molecule has 0 saturated carbocycles. The van der Waals surface area contributed by atoms with E-state index in [2.05, 4.69) is 13.8 Å². The molecular formula is C11H22O2S2. The van der Waals surface area contributed by atoms with Crippen LogP contribution in [0.4, 0.5) is 0 Å². The minimum atomic E-state index is -0.653. The maximum atomic E-state index is 10.9. The average Bonchev–Trinajstić information content (AvgIpc) is 2.21. The lowest BCUT2D eigenvalue weighted by atomic mass is 10.4. The largest absolute Gasteiger partial charge is 0.480 e. The number of hydrogen-bond acceptors (Lipinski definition) is 3. The lowest BCUT2D eigenvalue weighted by Gasteiger charge is -2.11. The summed E-state index contributed by atoms with van der Waals surface area (Å²) in [5, 5.41) is 8.79. The van der Waals surface area contributed by atoms with Gasteiger partial charge in [-0.15, -0.1) is 11.8 Å². The Labute approximate surface area is 102 Å². The number of thioether (sulfide) groups is 2. The molecule has 0 rings (SSSR count). The predicted octanol–water partition coefficient (Wildman–Crippen LogP) is 3.51. The van der Waals surface area contributed by atoms with Gasteiger partial charge in [-0.05, 0) is 24.3 Å². The summed E-state index contributed by atoms with van der Waals surface area (Å²) in [5.74, 6) is 2.17. The molecule has 4 heteroatoms. The summed E-state index contributed by atoms with van der Waals surface area (Å²) in [6, 6.07) is 0. The van der Waals surface area contributed by atoms with E-state index in [9.17, 15) is 4.79 Å². The van der Waals surface area contributed by atoms with Crippen molar-refractivity contribution < 1.29 is 9.90 Å². The molecule has 0 saturated heterocycles. The van der Waals surface area contributed by atoms with Crippen LogP contribution < -0.4 is 0 Å². The van der Waals surface area contributed by atoms with Crippen molar-refractivity contribution in [3.8, 4) is 0 Å². The molecule has 0 aliphatic carbocycles. The molecule has 1 N–H and O–H groups in total. The highest BCUT2D eigenvalue weighted by molar-refractivity contribution is 8.03. The molecular weight excluding hydrogens is 228 g/mol. The second-order valence-corrected chi connectivity index (χ2v) is 5.94. The molecule has 0 aromatic rings. The van der Waals surface area contributed by atoms with E-state index in [1.807, 2.05) is 0 Å². The van der Waals surface area contributed by atoms with E-state index in [4.69, 9.17) is 5.11 Å². The van der Waals surface area contributed by atoms with Crippen LogP contribution in [0.5, 0.6) is 0 Å². The van der Waals surface area contributed by atoms with Crippen molar-refractivity contribution in [2.45, 2.75) is 44.8 Å². The van der Waals surface area contributed by atoms with Gasteiger partial charge >= 0.3 is 5.97 Å². The molecule has 15 heavy (non-hydrogen) atoms. The maximum Gasteiger partial charge on any atom is 0.317 e. The fraction of sp³-hybridized carbons (Fsp3) is 0.909. The Balaban J connectivity index is 3.59. The van der Waals surface area contributed by atoms with E-state index in [0.717, 1.165) is 30.1 Å². The van der Waals surface area contributed by atoms with Crippen LogP contribution in [0.3, 0.4) is 0 Å². The van der Waals surface area contributed by atoms with Gasteiger partial charge in [0.05, 0.1) is 0 Å². The van der Waals surface area contributed by atoms with Gasteiger partial charge in [0.25, 0.3) is 0 Å². The van der Waals surface area contributed by atoms with Gasteiger partial charge in [-0.25, -0.2) is 0 Å². The summed E-state index contributed by atoms with van der Waals surface area (Å²) in [5.41, 5.74) is 0. The molecule has 1 atom stereocenters. The van der Waals surface area contributed by atoms with Gasteiger partial charge in [-0.2, -0.15) is 11.8 Å². The molecule has 2 nitrogen and oxygen atoms in total. The molecule has 1 unspecified atom stereocenters. The first-order valence-electron chi connectivity index (χ1n) is 5.64. The van der Waals surface area contributed by atoms with Gasteiger partial charge in [0.2, 0.25) is 0 Å². The number of carboxylic acids is 1. The Morgan fingerprint density at radius 2 is 1.80 bits per heavy atom. The highest BCUT2D eigenvalue weighted by Crippen LogP contribution is 2.19. The molecule has 0 aromatic carbocycles. The van der Waals surface area contributed by atoms with Crippen molar-refractivity contribution in [3.63, 3.8) is 0 Å². The van der Waals surface area contributed by atoms with Gasteiger partial charge in [0.15, 0.2) is 0 Å². The summed E-state index contributed by atoms with van der Waals surface area (Å²) >= 11 is 3.36. The van der Waals surface area contributed by atoms with Crippen molar-refractivity contribution in [1.29, 1.82) is 0 Å². The monoisotopic (exact) mass is 250 g/mol. The number of rotatable bonds is 10. The summed E-state index contributed by atoms with van der Waals surface area (Å²) in [7, 11) is 0. The van der Waals surface area contributed by atoms with Crippen LogP contribution in [0.25, 0.3) is 0 Å². The maximum absolute atomic E-state index is 10.9. The molecule has 0 fully saturated rings. The van der Waals surface area contributed by atoms with Gasteiger partial charge in [-0.1, -0.05) is 26.7 Å². The van der Waals surface area contributed by atoms with E-state index < -0.39 is 5.97 Å². The Bertz CT molecular complexity index is 163. The van der Waals surface area contributed by atoms with E-state index in [0.29, 0.717) is 0 Å². The summed E-state index contributed by atoms with van der Waals surface area (Å²) in [4.78, 5) is 10.9. The van der Waals surface area contributed by atoms with E-state index in [1.54, 1.807) is 23.5 Å². The number of hydrogen-bond donors (Lipinski definition) is 1. The standard InChI is InChI=1S/C11H22O2S2/c1-3-5-7-14-9-10(11(12)13)15-8-6-4-2/h10H,3-9H2,1-2H3,(H,12,13). The van der Waals surface area contributed by atoms with Crippen molar-refractivity contribution in [2.24, 2.45) is 0 Å². The van der Waals surface area contributed by atoms with Crippen molar-refractivity contribution in [2.75, 3.05) is 17.3 Å². The van der Waals surface area contributed by atoms with Crippen LogP contribution in [0.2, 0.25) is 0 Å². The quantitative estimate of drug-likeness (QED) is 0.602. The second-order valence-electron chi connectivity index (χ2n) is 3.48. The van der Waals surface area contributed by atoms with E-state index in [1.165, 1.54) is 12.8 Å². The smallest absolute Gasteiger partial charge is 0.317 e. The first-order valence-corrected chi connectivity index (χ1v) is 7.84. The molecule has 0 heterocycles. The zero-order chi connectivity index (χ0) is 11.5. The molecule has 0 bridgehead atoms. The van der Waals surface area contributed by atoms with Crippen LogP contribution in [0, 0.1) is 0 Å². The van der Waals surface area contributed by atoms with Gasteiger partial charge in [0, 0.05) is 5.75 Å². The highest BCUT2D eigenvalue weighted by Gasteiger charge is 2.16. The lowest BCUT2D eigenvalue weighted by molar-refractivity contribution is -0.135. The Morgan fingerprint density at radius 1 is 1.20 bits per heavy atom. The summed E-state index contributed by atoms with van der Waals surface area (Å²) in [6.07, 6.45) is 4.64. The van der Waals surface area contributed by atoms with Crippen LogP contribution in [0.15, 0.2) is 0 Å².